The Bertz CT molecular complexity index is 3170. The van der Waals surface area contributed by atoms with E-state index in [1.807, 2.05) is 20.8 Å². The van der Waals surface area contributed by atoms with E-state index in [2.05, 4.69) is 16.0 Å². The number of nitrogens with one attached hydrogen (secondary N) is 3. The summed E-state index contributed by atoms with van der Waals surface area (Å²) in [5.41, 5.74) is -4.05. The van der Waals surface area contributed by atoms with Crippen LogP contribution in [0, 0.1) is 35.3 Å². The molecule has 3 saturated heterocycles. The first-order chi connectivity index (χ1) is 47.0. The van der Waals surface area contributed by atoms with Gasteiger partial charge in [0.1, 0.15) is 77.1 Å². The Morgan fingerprint density at radius 3 is 1.80 bits per heavy atom. The van der Waals surface area contributed by atoms with Crippen molar-refractivity contribution in [3.8, 4) is 0 Å². The Balaban J connectivity index is 1.29. The lowest BCUT2D eigenvalue weighted by Gasteiger charge is -2.45. The van der Waals surface area contributed by atoms with Gasteiger partial charge in [-0.05, 0) is 119 Å². The van der Waals surface area contributed by atoms with E-state index in [1.165, 1.54) is 97.6 Å². The molecule has 10 atom stereocenters. The SMILES string of the molecule is CC[C@H](C)[C@@H]1NC(=O)[C@H](CC(C)C)N(C)C(=O)C[C@@H](C(=O)N(C)C)N(C)C(=O)[C@H](C2CCCC2)N(C)C(=O)C2(CCCC2)NC(=O)[C@@H]2CCCN2C(=O)[C@H](CCc2cc(F)c(C(F)(F)F)c(F)c2)NC(=O)CN(C)C(=O)[C@H](CC2CCCCC2)N(C)C(=O)[C@@H]2CCN2C(=O)[C@H](C)N(C)C1=O. The van der Waals surface area contributed by atoms with Crippen LogP contribution in [0.3, 0.4) is 0 Å². The van der Waals surface area contributed by atoms with Crippen LogP contribution in [0.4, 0.5) is 22.0 Å². The molecular formula is C71H107F5N12O12. The topological polar surface area (TPSA) is 270 Å². The minimum absolute atomic E-state index is 0.0217. The Hall–Kier alpha value is -7.49. The van der Waals surface area contributed by atoms with Gasteiger partial charge < -0.3 is 60.0 Å². The molecule has 0 unspecified atom stereocenters. The van der Waals surface area contributed by atoms with Gasteiger partial charge in [-0.25, -0.2) is 8.78 Å². The van der Waals surface area contributed by atoms with E-state index in [9.17, 15) is 51.5 Å². The lowest BCUT2D eigenvalue weighted by Crippen LogP contribution is -2.65. The zero-order valence-electron chi connectivity index (χ0n) is 60.7. The predicted molar refractivity (Wildman–Crippen MR) is 359 cm³/mol. The van der Waals surface area contributed by atoms with E-state index in [0.717, 1.165) is 41.9 Å². The second-order valence-corrected chi connectivity index (χ2v) is 29.7. The number of aryl methyl sites for hydroxylation is 1. The summed E-state index contributed by atoms with van der Waals surface area (Å²) < 4.78 is 71.4. The van der Waals surface area contributed by atoms with Crippen LogP contribution in [-0.4, -0.2) is 251 Å². The Morgan fingerprint density at radius 2 is 1.24 bits per heavy atom. The molecule has 0 bridgehead atoms. The van der Waals surface area contributed by atoms with Gasteiger partial charge in [-0.3, -0.25) is 57.5 Å². The van der Waals surface area contributed by atoms with Crippen molar-refractivity contribution in [2.24, 2.45) is 23.7 Å². The van der Waals surface area contributed by atoms with Gasteiger partial charge in [0.2, 0.25) is 70.9 Å². The number of nitrogens with zero attached hydrogens (tertiary/aromatic N) is 9. The highest BCUT2D eigenvalue weighted by Crippen LogP contribution is 2.39. The fourth-order valence-electron chi connectivity index (χ4n) is 15.6. The molecule has 3 heterocycles. The van der Waals surface area contributed by atoms with Crippen molar-refractivity contribution in [3.05, 3.63) is 34.9 Å². The highest BCUT2D eigenvalue weighted by molar-refractivity contribution is 6.01. The number of halogens is 5. The maximum absolute atomic E-state index is 15.5. The quantitative estimate of drug-likeness (QED) is 0.240. The van der Waals surface area contributed by atoms with Crippen molar-refractivity contribution in [3.63, 3.8) is 0 Å². The molecule has 12 amide bonds. The van der Waals surface area contributed by atoms with Crippen LogP contribution in [-0.2, 0) is 70.1 Å². The molecule has 24 nitrogen and oxygen atoms in total. The Kier molecular flexibility index (Phi) is 27.1. The van der Waals surface area contributed by atoms with E-state index < -0.39 is 192 Å². The van der Waals surface area contributed by atoms with E-state index >= 15 is 28.0 Å². The molecule has 100 heavy (non-hydrogen) atoms. The first-order valence-corrected chi connectivity index (χ1v) is 35.8. The van der Waals surface area contributed by atoms with Crippen molar-refractivity contribution >= 4 is 70.9 Å². The molecule has 1 spiro atoms. The summed E-state index contributed by atoms with van der Waals surface area (Å²) in [7, 11) is 11.3. The molecule has 1 aromatic rings. The van der Waals surface area contributed by atoms with Crippen molar-refractivity contribution < 1.29 is 79.5 Å². The number of carbonyl (C=O) groups is 12. The molecule has 29 heteroatoms. The number of rotatable bonds is 11. The molecule has 558 valence electrons. The summed E-state index contributed by atoms with van der Waals surface area (Å²) in [4.78, 5) is 190. The summed E-state index contributed by atoms with van der Waals surface area (Å²) in [6.45, 7) is 8.10. The molecule has 0 aromatic heterocycles. The standard InChI is InChI=1S/C71H107F5N12O12/c1-14-42(4)58-67(98)82(9)43(5)62(93)88-34-30-51(88)66(97)84(11)53(38-44-23-16-15-17-24-44)65(96)81(8)40-55(89)77-49(29-28-45-36-47(72)57(48(73)37-45)71(74,75)76)63(94)87-33-22-27-50(87)61(92)79-70(31-20-21-32-70)69(100)86(13)59(46-25-18-19-26-46)68(99)85(12)54(64(95)80(6)7)39-56(90)83(10)52(35-41(2)3)60(91)78-58/h36-37,41-44,46,49-54,58-59H,14-35,38-40H2,1-13H3,(H,77,89)(H,78,91)(H,79,92)/t42-,43-,49-,50-,51-,52-,53-,54-,58-,59-/m0/s1. The third-order valence-electron chi connectivity index (χ3n) is 22.2. The van der Waals surface area contributed by atoms with Crippen molar-refractivity contribution in [2.75, 3.05) is 76.0 Å². The van der Waals surface area contributed by atoms with E-state index in [-0.39, 0.29) is 75.4 Å². The van der Waals surface area contributed by atoms with Crippen LogP contribution in [0.25, 0.3) is 0 Å². The molecule has 3 N–H and O–H groups in total. The number of alkyl halides is 3. The molecule has 1 aromatic carbocycles. The first-order valence-electron chi connectivity index (χ1n) is 35.8. The second-order valence-electron chi connectivity index (χ2n) is 29.7. The highest BCUT2D eigenvalue weighted by Gasteiger charge is 2.52. The number of hydrogen-bond donors (Lipinski definition) is 3. The van der Waals surface area contributed by atoms with Crippen LogP contribution in [0.5, 0.6) is 0 Å². The zero-order valence-corrected chi connectivity index (χ0v) is 60.7. The van der Waals surface area contributed by atoms with Gasteiger partial charge in [-0.1, -0.05) is 91.9 Å². The molecule has 3 aliphatic carbocycles. The third-order valence-corrected chi connectivity index (χ3v) is 22.2. The van der Waals surface area contributed by atoms with Crippen molar-refractivity contribution in [1.29, 1.82) is 0 Å². The van der Waals surface area contributed by atoms with Crippen molar-refractivity contribution in [1.82, 2.24) is 60.0 Å². The van der Waals surface area contributed by atoms with Gasteiger partial charge in [-0.2, -0.15) is 13.2 Å². The summed E-state index contributed by atoms with van der Waals surface area (Å²) in [5.74, 6) is -13.3. The molecule has 6 fully saturated rings. The molecule has 6 aliphatic rings. The maximum atomic E-state index is 15.5. The summed E-state index contributed by atoms with van der Waals surface area (Å²) in [5, 5.41) is 8.53. The fourth-order valence-corrected chi connectivity index (χ4v) is 15.6. The normalized spacial score (nSPS) is 27.8. The van der Waals surface area contributed by atoms with Gasteiger partial charge in [0.25, 0.3) is 0 Å². The predicted octanol–water partition coefficient (Wildman–Crippen LogP) is 5.26. The number of benzene rings is 1. The average Bonchev–Trinajstić information content (AvgIpc) is 1.53. The molecule has 7 rings (SSSR count). The number of carbonyl (C=O) groups excluding carboxylic acids is 12. The van der Waals surface area contributed by atoms with Crippen LogP contribution < -0.4 is 16.0 Å². The molecule has 3 aliphatic heterocycles. The fraction of sp³-hybridized carbons (Fsp3) is 0.746. The van der Waals surface area contributed by atoms with E-state index in [0.29, 0.717) is 57.1 Å². The second kappa shape index (κ2) is 34.0. The lowest BCUT2D eigenvalue weighted by molar-refractivity contribution is -0.160. The number of likely N-dealkylation sites (N-methyl/N-ethyl adjacent to an activating group) is 7. The van der Waals surface area contributed by atoms with Crippen LogP contribution >= 0.6 is 0 Å². The van der Waals surface area contributed by atoms with Crippen molar-refractivity contribution in [2.45, 2.75) is 242 Å². The summed E-state index contributed by atoms with van der Waals surface area (Å²) in [6.07, 6.45) is 2.03. The highest BCUT2D eigenvalue weighted by atomic mass is 19.4. The van der Waals surface area contributed by atoms with Gasteiger partial charge in [0.05, 0.1) is 13.0 Å². The third kappa shape index (κ3) is 18.2. The van der Waals surface area contributed by atoms with E-state index in [1.54, 1.807) is 6.92 Å². The monoisotopic (exact) mass is 1410 g/mol. The minimum atomic E-state index is -5.39. The van der Waals surface area contributed by atoms with Gasteiger partial charge in [0.15, 0.2) is 0 Å². The van der Waals surface area contributed by atoms with E-state index in [4.69, 9.17) is 0 Å². The first kappa shape index (κ1) is 79.8. The van der Waals surface area contributed by atoms with Gasteiger partial charge in [-0.15, -0.1) is 0 Å². The Labute approximate surface area is 584 Å². The van der Waals surface area contributed by atoms with Crippen LogP contribution in [0.15, 0.2) is 12.1 Å². The Morgan fingerprint density at radius 1 is 0.640 bits per heavy atom. The van der Waals surface area contributed by atoms with Crippen LogP contribution in [0.1, 0.15) is 181 Å². The number of hydrogen-bond acceptors (Lipinski definition) is 12. The maximum Gasteiger partial charge on any atom is 0.422 e. The summed E-state index contributed by atoms with van der Waals surface area (Å²) in [6, 6.07) is -10.5. The van der Waals surface area contributed by atoms with Gasteiger partial charge >= 0.3 is 6.18 Å². The summed E-state index contributed by atoms with van der Waals surface area (Å²) >= 11 is 0. The largest absolute Gasteiger partial charge is 0.422 e. The number of amides is 12. The smallest absolute Gasteiger partial charge is 0.347 e. The average molecular weight is 1420 g/mol. The van der Waals surface area contributed by atoms with Gasteiger partial charge in [0, 0.05) is 69.5 Å². The molecule has 3 saturated carbocycles. The molecular weight excluding hydrogens is 1310 g/mol. The van der Waals surface area contributed by atoms with Crippen LogP contribution in [0.2, 0.25) is 0 Å². The number of fused-ring (bicyclic) bond motifs is 2. The lowest BCUT2D eigenvalue weighted by atomic mass is 9.84. The molecule has 0 radical (unpaired) electrons. The zero-order chi connectivity index (χ0) is 74.2. The minimum Gasteiger partial charge on any atom is -0.347 e.